The number of rotatable bonds is 6. The molecule has 1 saturated heterocycles. The first-order valence-corrected chi connectivity index (χ1v) is 9.89. The van der Waals surface area contributed by atoms with E-state index >= 15 is 0 Å². The van der Waals surface area contributed by atoms with E-state index in [4.69, 9.17) is 4.74 Å². The number of thioether (sulfide) groups is 2. The number of nitrogens with zero attached hydrogens (tertiary/aromatic N) is 2. The summed E-state index contributed by atoms with van der Waals surface area (Å²) in [4.78, 5) is 29.7. The summed E-state index contributed by atoms with van der Waals surface area (Å²) >= 11 is 3.72. The van der Waals surface area contributed by atoms with Crippen LogP contribution in [0.5, 0.6) is 0 Å². The Labute approximate surface area is 140 Å². The number of amides is 1. The van der Waals surface area contributed by atoms with Gasteiger partial charge in [-0.15, -0.1) is 0 Å². The van der Waals surface area contributed by atoms with Crippen LogP contribution in [0.3, 0.4) is 0 Å². The number of piperidine rings is 1. The third kappa shape index (κ3) is 5.83. The van der Waals surface area contributed by atoms with Crippen LogP contribution in [-0.4, -0.2) is 58.9 Å². The van der Waals surface area contributed by atoms with Gasteiger partial charge in [-0.25, -0.2) is 0 Å². The van der Waals surface area contributed by atoms with Gasteiger partial charge in [0, 0.05) is 31.0 Å². The first-order valence-electron chi connectivity index (χ1n) is 7.92. The van der Waals surface area contributed by atoms with Gasteiger partial charge in [-0.2, -0.15) is 0 Å². The van der Waals surface area contributed by atoms with Crippen molar-refractivity contribution < 1.29 is 14.3 Å². The van der Waals surface area contributed by atoms with Crippen LogP contribution in [-0.2, 0) is 14.3 Å². The molecule has 0 saturated carbocycles. The normalized spacial score (nSPS) is 19.1. The molecule has 0 bridgehead atoms. The molecule has 0 aromatic heterocycles. The van der Waals surface area contributed by atoms with Crippen molar-refractivity contribution >= 4 is 39.8 Å². The van der Waals surface area contributed by atoms with E-state index in [1.54, 1.807) is 6.92 Å². The fraction of sp³-hybridized carbons (Fsp3) is 0.800. The highest BCUT2D eigenvalue weighted by molar-refractivity contribution is 8.39. The molecule has 124 valence electrons. The van der Waals surface area contributed by atoms with E-state index in [1.807, 2.05) is 28.4 Å². The van der Waals surface area contributed by atoms with E-state index in [2.05, 4.69) is 4.99 Å². The van der Waals surface area contributed by atoms with Crippen molar-refractivity contribution in [3.63, 3.8) is 0 Å². The number of likely N-dealkylation sites (tertiary alicyclic amines) is 1. The van der Waals surface area contributed by atoms with Crippen LogP contribution in [0.15, 0.2) is 4.99 Å². The molecule has 0 N–H and O–H groups in total. The maximum Gasteiger partial charge on any atom is 0.306 e. The fourth-order valence-corrected chi connectivity index (χ4v) is 4.76. The zero-order valence-corrected chi connectivity index (χ0v) is 14.7. The van der Waals surface area contributed by atoms with Gasteiger partial charge in [0.15, 0.2) is 0 Å². The lowest BCUT2D eigenvalue weighted by molar-refractivity contribution is -0.146. The molecule has 0 spiro atoms. The van der Waals surface area contributed by atoms with E-state index in [0.29, 0.717) is 12.5 Å². The Balaban J connectivity index is 1.61. The Morgan fingerprint density at radius 2 is 2.14 bits per heavy atom. The predicted molar refractivity (Wildman–Crippen MR) is 92.4 cm³/mol. The molecule has 0 atom stereocenters. The second-order valence-corrected chi connectivity index (χ2v) is 7.79. The number of carbonyl (C=O) groups is 2. The molecule has 0 unspecified atom stereocenters. The van der Waals surface area contributed by atoms with Crippen molar-refractivity contribution in [2.24, 2.45) is 10.9 Å². The van der Waals surface area contributed by atoms with Gasteiger partial charge < -0.3 is 9.64 Å². The van der Waals surface area contributed by atoms with E-state index in [-0.39, 0.29) is 24.7 Å². The average Bonchev–Trinajstić information content (AvgIpc) is 3.05. The highest BCUT2D eigenvalue weighted by Crippen LogP contribution is 2.28. The van der Waals surface area contributed by atoms with E-state index in [0.717, 1.165) is 44.0 Å². The van der Waals surface area contributed by atoms with Crippen LogP contribution >= 0.6 is 23.5 Å². The van der Waals surface area contributed by atoms with Gasteiger partial charge in [0.2, 0.25) is 5.91 Å². The molecule has 0 aromatic carbocycles. The number of hydrogen-bond donors (Lipinski definition) is 0. The zero-order chi connectivity index (χ0) is 15.8. The minimum atomic E-state index is -0.281. The first kappa shape index (κ1) is 17.7. The van der Waals surface area contributed by atoms with Crippen molar-refractivity contribution in [1.29, 1.82) is 0 Å². The number of hydrogen-bond acceptors (Lipinski definition) is 6. The smallest absolute Gasteiger partial charge is 0.306 e. The van der Waals surface area contributed by atoms with Gasteiger partial charge in [-0.05, 0) is 25.7 Å². The molecule has 5 nitrogen and oxygen atoms in total. The number of ether oxygens (including phenoxy) is 1. The van der Waals surface area contributed by atoms with Crippen LogP contribution in [0.25, 0.3) is 0 Å². The maximum atomic E-state index is 12.1. The lowest BCUT2D eigenvalue weighted by Crippen LogP contribution is -2.39. The summed E-state index contributed by atoms with van der Waals surface area (Å²) in [6, 6.07) is 0. The Bertz CT molecular complexity index is 421. The minimum absolute atomic E-state index is 0.0786. The van der Waals surface area contributed by atoms with Gasteiger partial charge in [-0.3, -0.25) is 14.6 Å². The van der Waals surface area contributed by atoms with E-state index in [9.17, 15) is 9.59 Å². The Morgan fingerprint density at radius 3 is 2.77 bits per heavy atom. The highest BCUT2D eigenvalue weighted by atomic mass is 32.2. The third-order valence-electron chi connectivity index (χ3n) is 3.82. The Morgan fingerprint density at radius 1 is 1.36 bits per heavy atom. The SMILES string of the molecule is CCOC(=O)CCC(=O)N1CCC(CSC2=NCCS2)CC1. The molecular weight excluding hydrogens is 320 g/mol. The van der Waals surface area contributed by atoms with Crippen molar-refractivity contribution in [2.75, 3.05) is 37.7 Å². The molecule has 22 heavy (non-hydrogen) atoms. The summed E-state index contributed by atoms with van der Waals surface area (Å²) in [5.41, 5.74) is 0. The molecule has 2 aliphatic heterocycles. The molecule has 7 heteroatoms. The molecule has 0 aromatic rings. The van der Waals surface area contributed by atoms with Gasteiger partial charge in [-0.1, -0.05) is 23.5 Å². The average molecular weight is 345 g/mol. The van der Waals surface area contributed by atoms with E-state index in [1.165, 1.54) is 4.38 Å². The van der Waals surface area contributed by atoms with Gasteiger partial charge in [0.25, 0.3) is 0 Å². The largest absolute Gasteiger partial charge is 0.466 e. The molecule has 2 rings (SSSR count). The fourth-order valence-electron chi connectivity index (χ4n) is 2.54. The summed E-state index contributed by atoms with van der Waals surface area (Å²) in [5.74, 6) is 2.70. The molecule has 0 radical (unpaired) electrons. The van der Waals surface area contributed by atoms with Crippen LogP contribution in [0.4, 0.5) is 0 Å². The lowest BCUT2D eigenvalue weighted by Gasteiger charge is -2.31. The maximum absolute atomic E-state index is 12.1. The summed E-state index contributed by atoms with van der Waals surface area (Å²) in [6.07, 6.45) is 2.57. The van der Waals surface area contributed by atoms with Crippen LogP contribution in [0, 0.1) is 5.92 Å². The zero-order valence-electron chi connectivity index (χ0n) is 13.1. The van der Waals surface area contributed by atoms with Crippen molar-refractivity contribution in [2.45, 2.75) is 32.6 Å². The predicted octanol–water partition coefficient (Wildman–Crippen LogP) is 2.40. The van der Waals surface area contributed by atoms with Crippen molar-refractivity contribution in [3.8, 4) is 0 Å². The van der Waals surface area contributed by atoms with Gasteiger partial charge in [0.1, 0.15) is 4.38 Å². The molecule has 1 fully saturated rings. The lowest BCUT2D eigenvalue weighted by atomic mass is 9.98. The molecule has 0 aliphatic carbocycles. The Hall–Kier alpha value is -0.690. The summed E-state index contributed by atoms with van der Waals surface area (Å²) < 4.78 is 6.08. The van der Waals surface area contributed by atoms with Crippen LogP contribution in [0.1, 0.15) is 32.6 Å². The molecule has 2 heterocycles. The van der Waals surface area contributed by atoms with Crippen LogP contribution < -0.4 is 0 Å². The minimum Gasteiger partial charge on any atom is -0.466 e. The monoisotopic (exact) mass is 344 g/mol. The van der Waals surface area contributed by atoms with E-state index < -0.39 is 0 Å². The molecule has 1 amide bonds. The standard InChI is InChI=1S/C15H24N2O3S2/c1-2-20-14(19)4-3-13(18)17-8-5-12(6-9-17)11-22-15-16-7-10-21-15/h12H,2-11H2,1H3. The summed E-state index contributed by atoms with van der Waals surface area (Å²) in [7, 11) is 0. The number of esters is 1. The second-order valence-electron chi connectivity index (χ2n) is 5.44. The topological polar surface area (TPSA) is 59.0 Å². The van der Waals surface area contributed by atoms with Crippen molar-refractivity contribution in [3.05, 3.63) is 0 Å². The highest BCUT2D eigenvalue weighted by Gasteiger charge is 2.23. The summed E-state index contributed by atoms with van der Waals surface area (Å²) in [6.45, 7) is 4.73. The number of carbonyl (C=O) groups excluding carboxylic acids is 2. The second kappa shape index (κ2) is 9.45. The van der Waals surface area contributed by atoms with Crippen molar-refractivity contribution in [1.82, 2.24) is 4.90 Å². The molecular formula is C15H24N2O3S2. The number of aliphatic imine (C=N–C) groups is 1. The van der Waals surface area contributed by atoms with Gasteiger partial charge in [0.05, 0.1) is 19.6 Å². The quantitative estimate of drug-likeness (QED) is 0.693. The Kier molecular flexibility index (Phi) is 7.59. The first-order chi connectivity index (χ1) is 10.7. The van der Waals surface area contributed by atoms with Gasteiger partial charge >= 0.3 is 5.97 Å². The molecule has 2 aliphatic rings. The third-order valence-corrected chi connectivity index (χ3v) is 6.30. The van der Waals surface area contributed by atoms with Crippen LogP contribution in [0.2, 0.25) is 0 Å². The summed E-state index contributed by atoms with van der Waals surface area (Å²) in [5, 5.41) is 0.